The summed E-state index contributed by atoms with van der Waals surface area (Å²) in [7, 11) is 3.56. The van der Waals surface area contributed by atoms with Crippen molar-refractivity contribution < 1.29 is 35.7 Å². The van der Waals surface area contributed by atoms with Gasteiger partial charge in [0.05, 0.1) is 14.2 Å². The maximum atomic E-state index is 5.80. The molecule has 2 aliphatic carbocycles. The van der Waals surface area contributed by atoms with Crippen LogP contribution in [0.1, 0.15) is 129 Å². The van der Waals surface area contributed by atoms with E-state index in [2.05, 4.69) is 144 Å². The van der Waals surface area contributed by atoms with Crippen molar-refractivity contribution in [2.45, 2.75) is 118 Å². The van der Waals surface area contributed by atoms with Gasteiger partial charge in [-0.05, 0) is 43.9 Å². The summed E-state index contributed by atoms with van der Waals surface area (Å²) < 4.78 is 11.6. The number of ether oxygens (including phenoxy) is 2. The van der Waals surface area contributed by atoms with Crippen LogP contribution < -0.4 is 9.47 Å². The maximum Gasteiger partial charge on any atom is 2.00 e. The van der Waals surface area contributed by atoms with E-state index in [1.54, 1.807) is 14.2 Å². The molecule has 0 heterocycles. The minimum atomic E-state index is 0. The van der Waals surface area contributed by atoms with E-state index in [1.165, 1.54) is 44.5 Å². The fourth-order valence-corrected chi connectivity index (χ4v) is 5.44. The third-order valence-corrected chi connectivity index (χ3v) is 7.83. The fourth-order valence-electron chi connectivity index (χ4n) is 5.44. The molecular weight excluding hydrogens is 675 g/mol. The van der Waals surface area contributed by atoms with Gasteiger partial charge >= 0.3 is 26.2 Å². The second-order valence-electron chi connectivity index (χ2n) is 15.6. The van der Waals surface area contributed by atoms with E-state index >= 15 is 0 Å². The first kappa shape index (κ1) is 43.5. The minimum absolute atomic E-state index is 0. The Morgan fingerprint density at radius 2 is 0.733 bits per heavy atom. The predicted molar refractivity (Wildman–Crippen MR) is 196 cm³/mol. The molecule has 0 atom stereocenters. The second kappa shape index (κ2) is 16.5. The van der Waals surface area contributed by atoms with Crippen LogP contribution in [0.5, 0.6) is 11.5 Å². The van der Waals surface area contributed by atoms with Crippen LogP contribution in [0, 0.1) is 12.2 Å². The Labute approximate surface area is 307 Å². The fraction of sp³-hybridized carbons (Fsp3) is 0.500. The van der Waals surface area contributed by atoms with Crippen molar-refractivity contribution in [2.24, 2.45) is 0 Å². The Balaban J connectivity index is 0.000000807. The zero-order valence-electron chi connectivity index (χ0n) is 30.2. The molecule has 0 radical (unpaired) electrons. The topological polar surface area (TPSA) is 18.5 Å². The summed E-state index contributed by atoms with van der Waals surface area (Å²) in [6.45, 7) is 26.9. The van der Waals surface area contributed by atoms with Gasteiger partial charge in [0, 0.05) is 0 Å². The number of rotatable bonds is 4. The van der Waals surface area contributed by atoms with Crippen LogP contribution in [0.2, 0.25) is 0 Å². The molecule has 0 N–H and O–H groups in total. The van der Waals surface area contributed by atoms with Crippen molar-refractivity contribution in [3.8, 4) is 11.5 Å². The SMILES string of the molecule is COc1c(C(C)(C)C)cc(C2=[C-]CC=C2)cc1C(C)(C)C.COc1c(C(C)(C)C)cc(C2=[C-]CC=C2)cc1C(C)(C)C.Cl.Cl.[Zr+2]. The Bertz CT molecular complexity index is 1240. The van der Waals surface area contributed by atoms with Crippen LogP contribution in [0.25, 0.3) is 11.1 Å². The summed E-state index contributed by atoms with van der Waals surface area (Å²) in [5, 5.41) is 0. The van der Waals surface area contributed by atoms with Crippen molar-refractivity contribution >= 4 is 36.0 Å². The number of allylic oxidation sites excluding steroid dienone is 8. The largest absolute Gasteiger partial charge is 2.00 e. The van der Waals surface area contributed by atoms with Gasteiger partial charge in [-0.15, -0.1) is 72.4 Å². The molecule has 0 aliphatic heterocycles. The third kappa shape index (κ3) is 10.7. The maximum absolute atomic E-state index is 5.80. The van der Waals surface area contributed by atoms with E-state index in [9.17, 15) is 0 Å². The minimum Gasteiger partial charge on any atom is -0.496 e. The smallest absolute Gasteiger partial charge is 0.496 e. The predicted octanol–water partition coefficient (Wildman–Crippen LogP) is 11.7. The normalized spacial score (nSPS) is 14.3. The van der Waals surface area contributed by atoms with Crippen LogP contribution in [-0.4, -0.2) is 14.2 Å². The molecule has 0 saturated carbocycles. The molecule has 5 heteroatoms. The van der Waals surface area contributed by atoms with Crippen molar-refractivity contribution in [1.29, 1.82) is 0 Å². The zero-order valence-corrected chi connectivity index (χ0v) is 34.3. The van der Waals surface area contributed by atoms with E-state index < -0.39 is 0 Å². The molecule has 2 nitrogen and oxygen atoms in total. The molecule has 0 amide bonds. The Hall–Kier alpha value is -1.54. The molecular formula is C40H56Cl2O2Zr. The summed E-state index contributed by atoms with van der Waals surface area (Å²) in [6, 6.07) is 9.08. The van der Waals surface area contributed by atoms with Crippen molar-refractivity contribution in [2.75, 3.05) is 14.2 Å². The van der Waals surface area contributed by atoms with Crippen LogP contribution in [-0.2, 0) is 47.9 Å². The molecule has 0 aromatic heterocycles. The van der Waals surface area contributed by atoms with Crippen LogP contribution >= 0.6 is 24.8 Å². The van der Waals surface area contributed by atoms with Gasteiger partial charge in [0.1, 0.15) is 11.5 Å². The molecule has 2 aromatic carbocycles. The van der Waals surface area contributed by atoms with Crippen LogP contribution in [0.15, 0.2) is 48.6 Å². The molecule has 0 bridgehead atoms. The first-order chi connectivity index (χ1) is 19.3. The molecule has 2 aliphatic rings. The van der Waals surface area contributed by atoms with Gasteiger partial charge in [-0.2, -0.15) is 35.5 Å². The van der Waals surface area contributed by atoms with E-state index in [-0.39, 0.29) is 72.7 Å². The molecule has 0 fully saturated rings. The number of methoxy groups -OCH3 is 2. The molecule has 0 saturated heterocycles. The summed E-state index contributed by atoms with van der Waals surface area (Å²) in [5.41, 5.74) is 10.2. The quantitative estimate of drug-likeness (QED) is 0.292. The van der Waals surface area contributed by atoms with Crippen molar-refractivity contribution in [3.05, 3.63) is 94.1 Å². The molecule has 4 rings (SSSR count). The third-order valence-electron chi connectivity index (χ3n) is 7.83. The van der Waals surface area contributed by atoms with E-state index in [4.69, 9.17) is 9.47 Å². The molecule has 246 valence electrons. The van der Waals surface area contributed by atoms with Gasteiger partial charge in [-0.1, -0.05) is 95.9 Å². The summed E-state index contributed by atoms with van der Waals surface area (Å²) in [6.07, 6.45) is 17.3. The summed E-state index contributed by atoms with van der Waals surface area (Å²) in [5.74, 6) is 2.06. The summed E-state index contributed by atoms with van der Waals surface area (Å²) >= 11 is 0. The average molecular weight is 731 g/mol. The van der Waals surface area contributed by atoms with Gasteiger partial charge in [0.15, 0.2) is 0 Å². The molecule has 2 aromatic rings. The second-order valence-corrected chi connectivity index (χ2v) is 15.6. The monoisotopic (exact) mass is 728 g/mol. The van der Waals surface area contributed by atoms with E-state index in [1.807, 2.05) is 0 Å². The van der Waals surface area contributed by atoms with Gasteiger partial charge in [0.2, 0.25) is 0 Å². The van der Waals surface area contributed by atoms with Gasteiger partial charge < -0.3 is 9.47 Å². The molecule has 45 heavy (non-hydrogen) atoms. The van der Waals surface area contributed by atoms with Gasteiger partial charge in [0.25, 0.3) is 0 Å². The first-order valence-corrected chi connectivity index (χ1v) is 15.3. The zero-order chi connectivity index (χ0) is 31.7. The summed E-state index contributed by atoms with van der Waals surface area (Å²) in [4.78, 5) is 0. The number of benzene rings is 2. The Morgan fingerprint density at radius 3 is 0.889 bits per heavy atom. The van der Waals surface area contributed by atoms with E-state index in [0.717, 1.165) is 24.3 Å². The van der Waals surface area contributed by atoms with Crippen LogP contribution in [0.4, 0.5) is 0 Å². The standard InChI is InChI=1S/2C20H27O.2ClH.Zr/c2*1-19(2,3)16-12-15(14-10-8-9-11-14)13-17(18(16)21-7)20(4,5)6;;;/h2*8,10,12-13H,9H2,1-7H3;2*1H;/q2*-1;;;+2. The number of hydrogen-bond acceptors (Lipinski definition) is 2. The van der Waals surface area contributed by atoms with Crippen molar-refractivity contribution in [3.63, 3.8) is 0 Å². The average Bonchev–Trinajstić information content (AvgIpc) is 3.60. The number of hydrogen-bond donors (Lipinski definition) is 0. The molecule has 0 unspecified atom stereocenters. The van der Waals surface area contributed by atoms with Gasteiger partial charge in [-0.3, -0.25) is 0 Å². The Morgan fingerprint density at radius 1 is 0.489 bits per heavy atom. The molecule has 0 spiro atoms. The van der Waals surface area contributed by atoms with E-state index in [0.29, 0.717) is 0 Å². The van der Waals surface area contributed by atoms with Crippen molar-refractivity contribution in [1.82, 2.24) is 0 Å². The number of halogens is 2. The first-order valence-electron chi connectivity index (χ1n) is 15.3. The van der Waals surface area contributed by atoms with Crippen LogP contribution in [0.3, 0.4) is 0 Å². The van der Waals surface area contributed by atoms with Gasteiger partial charge in [-0.25, -0.2) is 0 Å². The Kier molecular flexibility index (Phi) is 16.0.